The Morgan fingerprint density at radius 2 is 1.02 bits per heavy atom. The first kappa shape index (κ1) is 25.5. The average molecular weight is 547 g/mol. The molecule has 2 heterocycles. The van der Waals surface area contributed by atoms with Gasteiger partial charge >= 0.3 is 11.3 Å². The Labute approximate surface area is 231 Å². The van der Waals surface area contributed by atoms with Gasteiger partial charge in [0.25, 0.3) is 0 Å². The Hall–Kier alpha value is -5.76. The Balaban J connectivity index is 1.57. The molecule has 202 valence electrons. The molecule has 0 unspecified atom stereocenters. The van der Waals surface area contributed by atoms with E-state index < -0.39 is 28.7 Å². The highest BCUT2D eigenvalue weighted by Gasteiger charge is 2.32. The molecular weight excluding hydrogens is 524 g/mol. The first-order valence-electron chi connectivity index (χ1n) is 12.6. The Morgan fingerprint density at radius 3 is 1.51 bits per heavy atom. The molecule has 0 fully saturated rings. The van der Waals surface area contributed by atoms with Gasteiger partial charge in [-0.2, -0.15) is 0 Å². The van der Waals surface area contributed by atoms with E-state index in [4.69, 9.17) is 8.83 Å². The van der Waals surface area contributed by atoms with Crippen LogP contribution in [0.5, 0.6) is 23.0 Å². The molecule has 6 rings (SSSR count). The fraction of sp³-hybridized carbons (Fsp3) is 0.0303. The number of phenols is 2. The summed E-state index contributed by atoms with van der Waals surface area (Å²) in [6.45, 7) is 0. The summed E-state index contributed by atoms with van der Waals surface area (Å²) in [6.07, 6.45) is 3.84. The highest BCUT2D eigenvalue weighted by molar-refractivity contribution is 5.88. The van der Waals surface area contributed by atoms with E-state index in [0.29, 0.717) is 5.56 Å². The van der Waals surface area contributed by atoms with Crippen molar-refractivity contribution in [2.45, 2.75) is 5.92 Å². The lowest BCUT2D eigenvalue weighted by atomic mass is 9.84. The molecule has 8 nitrogen and oxygen atoms in total. The molecule has 0 radical (unpaired) electrons. The predicted octanol–water partition coefficient (Wildman–Crippen LogP) is 6.07. The maximum atomic E-state index is 13.3. The monoisotopic (exact) mass is 546 g/mol. The van der Waals surface area contributed by atoms with Crippen molar-refractivity contribution in [2.75, 3.05) is 0 Å². The van der Waals surface area contributed by atoms with Crippen LogP contribution in [0.15, 0.2) is 109 Å². The molecule has 2 aromatic heterocycles. The maximum absolute atomic E-state index is 13.3. The maximum Gasteiger partial charge on any atom is 0.344 e. The lowest BCUT2D eigenvalue weighted by Gasteiger charge is -2.20. The second-order valence-electron chi connectivity index (χ2n) is 9.51. The number of fused-ring (bicyclic) bond motifs is 2. The second kappa shape index (κ2) is 10.1. The molecule has 0 bridgehead atoms. The highest BCUT2D eigenvalue weighted by Crippen LogP contribution is 2.42. The van der Waals surface area contributed by atoms with Gasteiger partial charge in [-0.3, -0.25) is 0 Å². The van der Waals surface area contributed by atoms with Crippen LogP contribution in [0.25, 0.3) is 34.1 Å². The molecular formula is C33H22O8. The number of rotatable bonds is 5. The summed E-state index contributed by atoms with van der Waals surface area (Å²) in [5, 5.41) is 42.5. The minimum absolute atomic E-state index is 0.0540. The van der Waals surface area contributed by atoms with Crippen LogP contribution in [0.4, 0.5) is 0 Å². The Kier molecular flexibility index (Phi) is 6.28. The van der Waals surface area contributed by atoms with E-state index in [1.54, 1.807) is 24.3 Å². The van der Waals surface area contributed by atoms with Crippen LogP contribution in [0.3, 0.4) is 0 Å². The van der Waals surface area contributed by atoms with Gasteiger partial charge in [-0.05, 0) is 41.0 Å². The van der Waals surface area contributed by atoms with E-state index in [2.05, 4.69) is 0 Å². The van der Waals surface area contributed by atoms with Gasteiger partial charge < -0.3 is 29.3 Å². The zero-order valence-electron chi connectivity index (χ0n) is 21.3. The van der Waals surface area contributed by atoms with Crippen molar-refractivity contribution in [1.29, 1.82) is 0 Å². The number of hydrogen-bond acceptors (Lipinski definition) is 8. The lowest BCUT2D eigenvalue weighted by Crippen LogP contribution is -2.21. The zero-order valence-corrected chi connectivity index (χ0v) is 21.3. The second-order valence-corrected chi connectivity index (χ2v) is 9.51. The first-order chi connectivity index (χ1) is 19.8. The van der Waals surface area contributed by atoms with Crippen LogP contribution in [0.2, 0.25) is 0 Å². The van der Waals surface area contributed by atoms with Gasteiger partial charge in [0.1, 0.15) is 34.2 Å². The van der Waals surface area contributed by atoms with Gasteiger partial charge in [0, 0.05) is 12.1 Å². The van der Waals surface area contributed by atoms with Crippen LogP contribution in [0.1, 0.15) is 33.7 Å². The molecule has 41 heavy (non-hydrogen) atoms. The molecule has 4 aromatic carbocycles. The largest absolute Gasteiger partial charge is 0.508 e. The first-order valence-corrected chi connectivity index (χ1v) is 12.6. The molecule has 0 saturated heterocycles. The van der Waals surface area contributed by atoms with Gasteiger partial charge in [-0.1, -0.05) is 66.7 Å². The van der Waals surface area contributed by atoms with Crippen LogP contribution >= 0.6 is 0 Å². The zero-order chi connectivity index (χ0) is 28.7. The fourth-order valence-corrected chi connectivity index (χ4v) is 4.92. The molecule has 6 aromatic rings. The Morgan fingerprint density at radius 1 is 0.561 bits per heavy atom. The highest BCUT2D eigenvalue weighted by atomic mass is 16.4. The molecule has 0 saturated carbocycles. The van der Waals surface area contributed by atoms with Crippen LogP contribution < -0.4 is 11.3 Å². The van der Waals surface area contributed by atoms with E-state index in [1.807, 2.05) is 42.5 Å². The smallest absolute Gasteiger partial charge is 0.344 e. The standard InChI is InChI=1S/C33H22O8/c34-21-12-14-23-25(16-21)40-32(38)28(30(23)36)27(29-31(37)24-15-13-22(35)17-26(24)41-33(29)39)20-10-8-19(9-11-20)7-6-18-4-2-1-3-5-18/h1-17,27,34-37H. The number of phenolic OH excluding ortho intramolecular Hbond substituents is 2. The summed E-state index contributed by atoms with van der Waals surface area (Å²) < 4.78 is 10.9. The SMILES string of the molecule is O=c1oc2cc(O)ccc2c(O)c1C(c1ccc(C=Cc2ccccc2)cc1)c1c(O)c2ccc(O)cc2oc1=O. The van der Waals surface area contributed by atoms with E-state index >= 15 is 0 Å². The van der Waals surface area contributed by atoms with Crippen molar-refractivity contribution in [2.24, 2.45) is 0 Å². The summed E-state index contributed by atoms with van der Waals surface area (Å²) >= 11 is 0. The van der Waals surface area contributed by atoms with Gasteiger partial charge in [0.2, 0.25) is 0 Å². The normalized spacial score (nSPS) is 11.6. The minimum atomic E-state index is -1.30. The molecule has 0 aliphatic carbocycles. The van der Waals surface area contributed by atoms with Gasteiger partial charge in [-0.15, -0.1) is 0 Å². The summed E-state index contributed by atoms with van der Waals surface area (Å²) in [4.78, 5) is 26.7. The fourth-order valence-electron chi connectivity index (χ4n) is 4.92. The molecule has 8 heteroatoms. The average Bonchev–Trinajstić information content (AvgIpc) is 2.95. The lowest BCUT2D eigenvalue weighted by molar-refractivity contribution is 0.439. The molecule has 0 spiro atoms. The number of hydrogen-bond donors (Lipinski definition) is 4. The molecule has 0 amide bonds. The summed E-state index contributed by atoms with van der Waals surface area (Å²) in [6, 6.07) is 24.4. The molecule has 0 aliphatic rings. The molecule has 0 atom stereocenters. The van der Waals surface area contributed by atoms with Crippen molar-refractivity contribution in [3.63, 3.8) is 0 Å². The van der Waals surface area contributed by atoms with Gasteiger partial charge in [-0.25, -0.2) is 9.59 Å². The number of benzene rings is 4. The third-order valence-electron chi connectivity index (χ3n) is 6.91. The number of aromatic hydroxyl groups is 4. The minimum Gasteiger partial charge on any atom is -0.508 e. The van der Waals surface area contributed by atoms with Crippen molar-refractivity contribution in [1.82, 2.24) is 0 Å². The van der Waals surface area contributed by atoms with Crippen LogP contribution in [-0.4, -0.2) is 20.4 Å². The predicted molar refractivity (Wildman–Crippen MR) is 154 cm³/mol. The summed E-state index contributed by atoms with van der Waals surface area (Å²) in [5.41, 5.74) is -0.415. The van der Waals surface area contributed by atoms with E-state index in [9.17, 15) is 30.0 Å². The third-order valence-corrected chi connectivity index (χ3v) is 6.91. The quantitative estimate of drug-likeness (QED) is 0.151. The van der Waals surface area contributed by atoms with Gasteiger partial charge in [0.15, 0.2) is 0 Å². The van der Waals surface area contributed by atoms with Crippen LogP contribution in [-0.2, 0) is 0 Å². The third kappa shape index (κ3) is 4.68. The summed E-state index contributed by atoms with van der Waals surface area (Å²) in [7, 11) is 0. The van der Waals surface area contributed by atoms with Crippen molar-refractivity contribution in [3.8, 4) is 23.0 Å². The van der Waals surface area contributed by atoms with Crippen molar-refractivity contribution < 1.29 is 29.3 Å². The molecule has 0 aliphatic heterocycles. The topological polar surface area (TPSA) is 141 Å². The van der Waals surface area contributed by atoms with E-state index in [-0.39, 0.29) is 44.6 Å². The van der Waals surface area contributed by atoms with E-state index in [0.717, 1.165) is 11.1 Å². The summed E-state index contributed by atoms with van der Waals surface area (Å²) in [5.74, 6) is -2.58. The van der Waals surface area contributed by atoms with Crippen molar-refractivity contribution in [3.05, 3.63) is 140 Å². The van der Waals surface area contributed by atoms with Crippen LogP contribution in [0, 0.1) is 0 Å². The van der Waals surface area contributed by atoms with Gasteiger partial charge in [0.05, 0.1) is 27.8 Å². The Bertz CT molecular complexity index is 1970. The van der Waals surface area contributed by atoms with E-state index in [1.165, 1.54) is 36.4 Å². The molecule has 4 N–H and O–H groups in total. The van der Waals surface area contributed by atoms with Crippen molar-refractivity contribution >= 4 is 34.1 Å².